The first-order valence-electron chi connectivity index (χ1n) is 6.32. The Hall–Kier alpha value is -2.38. The fourth-order valence-electron chi connectivity index (χ4n) is 1.71. The van der Waals surface area contributed by atoms with Crippen molar-refractivity contribution in [1.82, 2.24) is 15.0 Å². The number of nitrogens with one attached hydrogen (secondary N) is 1. The van der Waals surface area contributed by atoms with Gasteiger partial charge in [0.2, 0.25) is 5.88 Å². The van der Waals surface area contributed by atoms with E-state index in [1.165, 1.54) is 18.3 Å². The van der Waals surface area contributed by atoms with E-state index in [2.05, 4.69) is 25.0 Å². The summed E-state index contributed by atoms with van der Waals surface area (Å²) < 4.78 is 41.8. The van der Waals surface area contributed by atoms with Gasteiger partial charge in [0.15, 0.2) is 11.6 Å². The van der Waals surface area contributed by atoms with Crippen LogP contribution in [0.15, 0.2) is 24.5 Å². The number of hydrogen-bond acceptors (Lipinski definition) is 5. The highest BCUT2D eigenvalue weighted by Crippen LogP contribution is 2.26. The second-order valence-corrected chi connectivity index (χ2v) is 4.56. The number of rotatable bonds is 5. The van der Waals surface area contributed by atoms with Gasteiger partial charge in [-0.15, -0.1) is 0 Å². The normalized spacial score (nSPS) is 14.3. The van der Waals surface area contributed by atoms with Crippen LogP contribution in [0.25, 0.3) is 11.4 Å². The molecule has 0 saturated heterocycles. The van der Waals surface area contributed by atoms with E-state index < -0.39 is 12.4 Å². The molecule has 110 valence electrons. The third-order valence-electron chi connectivity index (χ3n) is 2.86. The monoisotopic (exact) mass is 296 g/mol. The predicted octanol–water partition coefficient (Wildman–Crippen LogP) is 2.85. The second-order valence-electron chi connectivity index (χ2n) is 4.56. The highest BCUT2D eigenvalue weighted by atomic mass is 19.3. The molecule has 21 heavy (non-hydrogen) atoms. The first kappa shape index (κ1) is 13.6. The standard InChI is InChI=1S/C13H11F3N4O/c14-8-3-4-9(20-12(8)19-7-1-2-7)10-5-18-11(6-17-10)21-13(15)16/h3-7,13H,1-2H2,(H,19,20). The third kappa shape index (κ3) is 3.39. The molecule has 0 amide bonds. The molecule has 1 aliphatic rings. The lowest BCUT2D eigenvalue weighted by Gasteiger charge is -2.08. The number of halogens is 3. The average Bonchev–Trinajstić information content (AvgIpc) is 3.26. The van der Waals surface area contributed by atoms with Crippen LogP contribution >= 0.6 is 0 Å². The molecule has 0 aliphatic heterocycles. The highest BCUT2D eigenvalue weighted by molar-refractivity contribution is 5.57. The molecular weight excluding hydrogens is 285 g/mol. The van der Waals surface area contributed by atoms with Gasteiger partial charge < -0.3 is 10.1 Å². The number of anilines is 1. The molecule has 5 nitrogen and oxygen atoms in total. The molecule has 0 aromatic carbocycles. The van der Waals surface area contributed by atoms with E-state index in [1.807, 2.05) is 0 Å². The minimum Gasteiger partial charge on any atom is -0.415 e. The lowest BCUT2D eigenvalue weighted by atomic mass is 10.2. The van der Waals surface area contributed by atoms with Gasteiger partial charge in [-0.3, -0.25) is 0 Å². The summed E-state index contributed by atoms with van der Waals surface area (Å²) in [7, 11) is 0. The molecule has 1 N–H and O–H groups in total. The van der Waals surface area contributed by atoms with Gasteiger partial charge in [-0.1, -0.05) is 0 Å². The third-order valence-corrected chi connectivity index (χ3v) is 2.86. The zero-order valence-corrected chi connectivity index (χ0v) is 10.8. The fraction of sp³-hybridized carbons (Fsp3) is 0.308. The van der Waals surface area contributed by atoms with Crippen LogP contribution in [0.3, 0.4) is 0 Å². The Labute approximate surface area is 118 Å². The lowest BCUT2D eigenvalue weighted by molar-refractivity contribution is -0.0530. The van der Waals surface area contributed by atoms with E-state index in [0.29, 0.717) is 11.4 Å². The van der Waals surface area contributed by atoms with Crippen molar-refractivity contribution in [2.45, 2.75) is 25.5 Å². The summed E-state index contributed by atoms with van der Waals surface area (Å²) in [5.74, 6) is -0.576. The van der Waals surface area contributed by atoms with Crippen LogP contribution in [0.2, 0.25) is 0 Å². The molecule has 1 aliphatic carbocycles. The maximum Gasteiger partial charge on any atom is 0.388 e. The van der Waals surface area contributed by atoms with Gasteiger partial charge in [-0.05, 0) is 25.0 Å². The molecule has 2 aromatic heterocycles. The van der Waals surface area contributed by atoms with E-state index >= 15 is 0 Å². The Morgan fingerprint density at radius 1 is 1.14 bits per heavy atom. The molecule has 0 atom stereocenters. The molecule has 1 saturated carbocycles. The zero-order chi connectivity index (χ0) is 14.8. The SMILES string of the molecule is Fc1ccc(-c2cnc(OC(F)F)cn2)nc1NC1CC1. The van der Waals surface area contributed by atoms with Crippen LogP contribution in [0.1, 0.15) is 12.8 Å². The maximum atomic E-state index is 13.6. The molecule has 0 unspecified atom stereocenters. The van der Waals surface area contributed by atoms with Gasteiger partial charge in [0.1, 0.15) is 5.69 Å². The molecular formula is C13H11F3N4O. The van der Waals surface area contributed by atoms with Gasteiger partial charge in [0.25, 0.3) is 0 Å². The molecule has 0 radical (unpaired) electrons. The summed E-state index contributed by atoms with van der Waals surface area (Å²) in [5.41, 5.74) is 0.742. The number of hydrogen-bond donors (Lipinski definition) is 1. The Bertz CT molecular complexity index is 632. The number of aromatic nitrogens is 3. The summed E-state index contributed by atoms with van der Waals surface area (Å²) in [6.45, 7) is -2.96. The van der Waals surface area contributed by atoms with Crippen molar-refractivity contribution in [2.24, 2.45) is 0 Å². The van der Waals surface area contributed by atoms with Crippen molar-refractivity contribution in [3.63, 3.8) is 0 Å². The van der Waals surface area contributed by atoms with Crippen LogP contribution in [0.5, 0.6) is 5.88 Å². The van der Waals surface area contributed by atoms with Crippen molar-refractivity contribution in [3.8, 4) is 17.3 Å². The summed E-state index contributed by atoms with van der Waals surface area (Å²) >= 11 is 0. The van der Waals surface area contributed by atoms with Crippen LogP contribution in [0, 0.1) is 5.82 Å². The molecule has 2 aromatic rings. The first-order valence-corrected chi connectivity index (χ1v) is 6.32. The Kier molecular flexibility index (Phi) is 3.59. The predicted molar refractivity (Wildman–Crippen MR) is 68.5 cm³/mol. The summed E-state index contributed by atoms with van der Waals surface area (Å²) in [6.07, 6.45) is 4.30. The Morgan fingerprint density at radius 2 is 1.95 bits per heavy atom. The quantitative estimate of drug-likeness (QED) is 0.919. The summed E-state index contributed by atoms with van der Waals surface area (Å²) in [4.78, 5) is 11.8. The second kappa shape index (κ2) is 5.55. The minimum absolute atomic E-state index is 0.157. The van der Waals surface area contributed by atoms with E-state index in [9.17, 15) is 13.2 Å². The average molecular weight is 296 g/mol. The van der Waals surface area contributed by atoms with Crippen molar-refractivity contribution < 1.29 is 17.9 Å². The van der Waals surface area contributed by atoms with Crippen molar-refractivity contribution >= 4 is 5.82 Å². The zero-order valence-electron chi connectivity index (χ0n) is 10.8. The Balaban J connectivity index is 1.82. The van der Waals surface area contributed by atoms with Crippen LogP contribution in [-0.2, 0) is 0 Å². The smallest absolute Gasteiger partial charge is 0.388 e. The molecule has 1 fully saturated rings. The summed E-state index contributed by atoms with van der Waals surface area (Å²) in [5, 5.41) is 2.97. The highest BCUT2D eigenvalue weighted by Gasteiger charge is 2.23. The van der Waals surface area contributed by atoms with Crippen LogP contribution in [-0.4, -0.2) is 27.6 Å². The van der Waals surface area contributed by atoms with Gasteiger partial charge in [-0.25, -0.2) is 19.3 Å². The summed E-state index contributed by atoms with van der Waals surface area (Å²) in [6, 6.07) is 2.98. The number of alkyl halides is 2. The molecule has 2 heterocycles. The van der Waals surface area contributed by atoms with E-state index in [1.54, 1.807) is 0 Å². The molecule has 0 bridgehead atoms. The van der Waals surface area contributed by atoms with Crippen LogP contribution < -0.4 is 10.1 Å². The number of pyridine rings is 1. The van der Waals surface area contributed by atoms with Gasteiger partial charge in [0, 0.05) is 6.04 Å². The molecule has 0 spiro atoms. The maximum absolute atomic E-state index is 13.6. The van der Waals surface area contributed by atoms with Crippen molar-refractivity contribution in [1.29, 1.82) is 0 Å². The van der Waals surface area contributed by atoms with E-state index in [-0.39, 0.29) is 17.7 Å². The van der Waals surface area contributed by atoms with E-state index in [4.69, 9.17) is 0 Å². The Morgan fingerprint density at radius 3 is 2.57 bits per heavy atom. The van der Waals surface area contributed by atoms with Gasteiger partial charge in [-0.2, -0.15) is 8.78 Å². The van der Waals surface area contributed by atoms with Crippen molar-refractivity contribution in [2.75, 3.05) is 5.32 Å². The van der Waals surface area contributed by atoms with Gasteiger partial charge >= 0.3 is 6.61 Å². The molecule has 3 rings (SSSR count). The topological polar surface area (TPSA) is 59.9 Å². The number of ether oxygens (including phenoxy) is 1. The lowest BCUT2D eigenvalue weighted by Crippen LogP contribution is -2.06. The van der Waals surface area contributed by atoms with E-state index in [0.717, 1.165) is 19.0 Å². The van der Waals surface area contributed by atoms with Crippen molar-refractivity contribution in [3.05, 3.63) is 30.3 Å². The molecule has 8 heteroatoms. The first-order chi connectivity index (χ1) is 10.1. The number of nitrogens with zero attached hydrogens (tertiary/aromatic N) is 3. The minimum atomic E-state index is -2.96. The largest absolute Gasteiger partial charge is 0.415 e. The van der Waals surface area contributed by atoms with Gasteiger partial charge in [0.05, 0.1) is 18.1 Å². The van der Waals surface area contributed by atoms with Crippen LogP contribution in [0.4, 0.5) is 19.0 Å². The fourth-order valence-corrected chi connectivity index (χ4v) is 1.71.